The van der Waals surface area contributed by atoms with Gasteiger partial charge in [0.2, 0.25) is 0 Å². The van der Waals surface area contributed by atoms with Gasteiger partial charge in [-0.1, -0.05) is 168 Å². The Kier molecular flexibility index (Phi) is 10.5. The van der Waals surface area contributed by atoms with E-state index >= 15 is 0 Å². The summed E-state index contributed by atoms with van der Waals surface area (Å²) in [5.74, 6) is 0.508. The summed E-state index contributed by atoms with van der Waals surface area (Å²) in [6.07, 6.45) is -2.93. The number of halogens is 3. The normalized spacial score (nSPS) is 11.8. The monoisotopic (exact) mass is 938 g/mol. The van der Waals surface area contributed by atoms with Gasteiger partial charge in [-0.3, -0.25) is 4.57 Å². The van der Waals surface area contributed by atoms with Crippen LogP contribution in [0.2, 0.25) is 0 Å². The highest BCUT2D eigenvalue weighted by Crippen LogP contribution is 2.43. The Hall–Kier alpha value is -8.99. The van der Waals surface area contributed by atoms with Crippen LogP contribution < -0.4 is 0 Å². The van der Waals surface area contributed by atoms with Gasteiger partial charge in [0.15, 0.2) is 0 Å². The molecule has 0 spiro atoms. The summed E-state index contributed by atoms with van der Waals surface area (Å²) in [4.78, 5) is 5.36. The molecule has 0 saturated heterocycles. The number of nitriles is 1. The van der Waals surface area contributed by atoms with Crippen molar-refractivity contribution in [1.82, 2.24) is 14.1 Å². The molecule has 0 fully saturated rings. The van der Waals surface area contributed by atoms with Gasteiger partial charge >= 0.3 is 6.18 Å². The van der Waals surface area contributed by atoms with Crippen LogP contribution >= 0.6 is 0 Å². The zero-order valence-electron chi connectivity index (χ0n) is 40.0. The third kappa shape index (κ3) is 7.78. The second-order valence-electron chi connectivity index (χ2n) is 19.0. The number of hydrogen-bond donors (Lipinski definition) is 0. The van der Waals surface area contributed by atoms with Crippen LogP contribution in [-0.2, 0) is 6.18 Å². The average molecular weight is 939 g/mol. The van der Waals surface area contributed by atoms with Crippen LogP contribution in [0, 0.1) is 39.0 Å². The molecule has 72 heavy (non-hydrogen) atoms. The number of aryl methyl sites for hydroxylation is 4. The quantitative estimate of drug-likeness (QED) is 0.160. The minimum Gasteiger partial charge on any atom is -0.307 e. The molecule has 346 valence electrons. The molecule has 0 saturated carbocycles. The Bertz CT molecular complexity index is 4010. The molecule has 7 heteroatoms. The van der Waals surface area contributed by atoms with Gasteiger partial charge in [0.25, 0.3) is 0 Å². The molecule has 0 unspecified atom stereocenters. The number of benzene rings is 9. The van der Waals surface area contributed by atoms with E-state index in [1.807, 2.05) is 24.3 Å². The zero-order valence-corrected chi connectivity index (χ0v) is 40.0. The second kappa shape index (κ2) is 17.2. The molecule has 3 aromatic heterocycles. The summed E-state index contributed by atoms with van der Waals surface area (Å²) in [5, 5.41) is 14.3. The van der Waals surface area contributed by atoms with Crippen molar-refractivity contribution in [2.24, 2.45) is 0 Å². The first-order valence-corrected chi connectivity index (χ1v) is 23.9. The zero-order chi connectivity index (χ0) is 49.4. The van der Waals surface area contributed by atoms with Crippen molar-refractivity contribution in [3.63, 3.8) is 0 Å². The number of rotatable bonds is 7. The number of alkyl halides is 3. The van der Waals surface area contributed by atoms with Crippen LogP contribution in [0.15, 0.2) is 200 Å². The van der Waals surface area contributed by atoms with Crippen LogP contribution in [0.5, 0.6) is 0 Å². The lowest BCUT2D eigenvalue weighted by atomic mass is 9.98. The number of hydrogen-bond acceptors (Lipinski definition) is 2. The molecule has 9 aromatic carbocycles. The van der Waals surface area contributed by atoms with Gasteiger partial charge in [-0.15, -0.1) is 0 Å². The van der Waals surface area contributed by atoms with Crippen molar-refractivity contribution < 1.29 is 13.2 Å². The van der Waals surface area contributed by atoms with Gasteiger partial charge in [-0.2, -0.15) is 18.4 Å². The van der Waals surface area contributed by atoms with E-state index in [2.05, 4.69) is 195 Å². The Balaban J connectivity index is 1.20. The van der Waals surface area contributed by atoms with Crippen LogP contribution in [0.4, 0.5) is 13.2 Å². The molecule has 0 bridgehead atoms. The van der Waals surface area contributed by atoms with Gasteiger partial charge < -0.3 is 4.57 Å². The first-order valence-electron chi connectivity index (χ1n) is 23.9. The van der Waals surface area contributed by atoms with Crippen molar-refractivity contribution in [1.29, 1.82) is 5.26 Å². The average Bonchev–Trinajstić information content (AvgIpc) is 3.89. The highest BCUT2D eigenvalue weighted by molar-refractivity contribution is 6.13. The summed E-state index contributed by atoms with van der Waals surface area (Å²) in [5.41, 5.74) is 16.5. The first kappa shape index (κ1) is 44.2. The Morgan fingerprint density at radius 3 is 1.14 bits per heavy atom. The molecular weight excluding hydrogens is 894 g/mol. The number of fused-ring (bicyclic) bond motifs is 6. The molecule has 0 N–H and O–H groups in total. The highest BCUT2D eigenvalue weighted by Gasteiger charge is 2.32. The van der Waals surface area contributed by atoms with E-state index in [0.717, 1.165) is 123 Å². The fourth-order valence-electron chi connectivity index (χ4n) is 10.5. The lowest BCUT2D eigenvalue weighted by Crippen LogP contribution is -2.07. The molecular formula is C65H45F3N4. The fraction of sp³-hybridized carbons (Fsp3) is 0.0769. The van der Waals surface area contributed by atoms with Gasteiger partial charge in [-0.05, 0) is 126 Å². The maximum absolute atomic E-state index is 15.0. The van der Waals surface area contributed by atoms with Crippen LogP contribution in [0.3, 0.4) is 0 Å². The molecule has 0 aliphatic carbocycles. The standard InChI is InChI=1S/C65H45F3N4/c1-39-9-5-13-44(25-39)48-17-21-54-55-22-18-49(45-14-6-10-40(2)26-45)33-60(55)71(59(54)32-48)63-38-70-64(36-58(63)52-29-43(37-69)30-53(31-52)65(66,67)68)72-61-34-50(46-15-7-11-41(3)27-46)19-23-56(61)57-24-20-51(35-62(57)72)47-16-8-12-42(4)28-47/h5-36,38H,1-4H3. The first-order chi connectivity index (χ1) is 34.9. The van der Waals surface area contributed by atoms with Gasteiger partial charge in [0.1, 0.15) is 5.82 Å². The van der Waals surface area contributed by atoms with E-state index in [1.165, 1.54) is 0 Å². The fourth-order valence-corrected chi connectivity index (χ4v) is 10.5. The van der Waals surface area contributed by atoms with Crippen molar-refractivity contribution in [3.05, 3.63) is 234 Å². The minimum atomic E-state index is -4.72. The summed E-state index contributed by atoms with van der Waals surface area (Å²) in [7, 11) is 0. The summed E-state index contributed by atoms with van der Waals surface area (Å²) in [6.45, 7) is 8.29. The lowest BCUT2D eigenvalue weighted by Gasteiger charge is -2.18. The van der Waals surface area contributed by atoms with E-state index in [1.54, 1.807) is 12.3 Å². The molecule has 4 nitrogen and oxygen atoms in total. The largest absolute Gasteiger partial charge is 0.416 e. The molecule has 12 aromatic rings. The maximum Gasteiger partial charge on any atom is 0.416 e. The predicted molar refractivity (Wildman–Crippen MR) is 289 cm³/mol. The van der Waals surface area contributed by atoms with Crippen LogP contribution in [0.25, 0.3) is 111 Å². The van der Waals surface area contributed by atoms with Crippen molar-refractivity contribution in [3.8, 4) is 73.2 Å². The Morgan fingerprint density at radius 1 is 0.403 bits per heavy atom. The number of aromatic nitrogens is 3. The lowest BCUT2D eigenvalue weighted by molar-refractivity contribution is -0.137. The van der Waals surface area contributed by atoms with Crippen LogP contribution in [0.1, 0.15) is 33.4 Å². The van der Waals surface area contributed by atoms with E-state index < -0.39 is 11.7 Å². The van der Waals surface area contributed by atoms with Gasteiger partial charge in [-0.25, -0.2) is 4.98 Å². The second-order valence-corrected chi connectivity index (χ2v) is 19.0. The topological polar surface area (TPSA) is 46.5 Å². The third-order valence-corrected chi connectivity index (χ3v) is 14.0. The number of pyridine rings is 1. The third-order valence-electron chi connectivity index (χ3n) is 14.0. The van der Waals surface area contributed by atoms with Crippen LogP contribution in [-0.4, -0.2) is 14.1 Å². The molecule has 0 amide bonds. The molecule has 3 heterocycles. The minimum absolute atomic E-state index is 0.0997. The molecule has 0 aliphatic heterocycles. The maximum atomic E-state index is 15.0. The van der Waals surface area contributed by atoms with E-state index in [9.17, 15) is 18.4 Å². The van der Waals surface area contributed by atoms with Crippen molar-refractivity contribution in [2.75, 3.05) is 0 Å². The van der Waals surface area contributed by atoms with Gasteiger partial charge in [0, 0.05) is 27.1 Å². The summed E-state index contributed by atoms with van der Waals surface area (Å²) >= 11 is 0. The van der Waals surface area contributed by atoms with E-state index in [4.69, 9.17) is 4.98 Å². The van der Waals surface area contributed by atoms with Crippen molar-refractivity contribution in [2.45, 2.75) is 33.9 Å². The smallest absolute Gasteiger partial charge is 0.307 e. The summed E-state index contributed by atoms with van der Waals surface area (Å²) < 4.78 is 49.2. The Morgan fingerprint density at radius 2 is 0.778 bits per heavy atom. The molecule has 12 rings (SSSR count). The van der Waals surface area contributed by atoms with Gasteiger partial charge in [0.05, 0.1) is 51.1 Å². The Labute approximate surface area is 415 Å². The SMILES string of the molecule is Cc1cccc(-c2ccc3c4ccc(-c5cccc(C)c5)cc4n(-c4cc(-c5cc(C#N)cc(C(F)(F)F)c5)c(-n5c6cc(-c7cccc(C)c7)ccc6c6ccc(-c7cccc(C)c7)cc65)cn4)c3c2)c1. The highest BCUT2D eigenvalue weighted by atomic mass is 19.4. The molecule has 0 atom stereocenters. The number of nitrogens with zero attached hydrogens (tertiary/aromatic N) is 4. The molecule has 0 radical (unpaired) electrons. The van der Waals surface area contributed by atoms with E-state index in [-0.39, 0.29) is 11.1 Å². The van der Waals surface area contributed by atoms with Crippen molar-refractivity contribution >= 4 is 43.6 Å². The van der Waals surface area contributed by atoms with E-state index in [0.29, 0.717) is 17.1 Å². The summed E-state index contributed by atoms with van der Waals surface area (Å²) in [6, 6.07) is 66.8. The predicted octanol–water partition coefficient (Wildman–Crippen LogP) is 17.7. The molecule has 0 aliphatic rings.